The maximum Gasteiger partial charge on any atom is 0.0400 e. The second-order valence-electron chi connectivity index (χ2n) is 5.93. The first-order chi connectivity index (χ1) is 8.56. The van der Waals surface area contributed by atoms with Crippen molar-refractivity contribution in [3.05, 3.63) is 27.7 Å². The Balaban J connectivity index is 1.97. The Morgan fingerprint density at radius 3 is 2.50 bits per heavy atom. The number of aryl methyl sites for hydroxylation is 2. The van der Waals surface area contributed by atoms with Gasteiger partial charge < -0.3 is 5.32 Å². The molecule has 0 amide bonds. The third kappa shape index (κ3) is 3.50. The fourth-order valence-corrected chi connectivity index (χ4v) is 3.87. The summed E-state index contributed by atoms with van der Waals surface area (Å²) in [5.41, 5.74) is 4.01. The average molecular weight is 310 g/mol. The smallest absolute Gasteiger partial charge is 0.0400 e. The largest absolute Gasteiger partial charge is 0.384 e. The molecule has 1 aliphatic carbocycles. The Morgan fingerprint density at radius 2 is 1.89 bits per heavy atom. The summed E-state index contributed by atoms with van der Waals surface area (Å²) in [6.45, 7) is 7.89. The van der Waals surface area contributed by atoms with E-state index in [1.807, 2.05) is 0 Å². The van der Waals surface area contributed by atoms with E-state index in [4.69, 9.17) is 0 Å². The van der Waals surface area contributed by atoms with E-state index in [-0.39, 0.29) is 0 Å². The molecule has 2 atom stereocenters. The molecule has 1 nitrogen and oxygen atoms in total. The molecular formula is C16H24BrN. The number of anilines is 1. The molecule has 0 radical (unpaired) electrons. The molecule has 0 bridgehead atoms. The minimum atomic E-state index is 0.858. The van der Waals surface area contributed by atoms with E-state index in [1.54, 1.807) is 0 Å². The quantitative estimate of drug-likeness (QED) is 0.798. The predicted molar refractivity (Wildman–Crippen MR) is 83.2 cm³/mol. The molecule has 0 saturated heterocycles. The maximum absolute atomic E-state index is 3.68. The minimum Gasteiger partial charge on any atom is -0.384 e. The third-order valence-corrected chi connectivity index (χ3v) is 4.57. The van der Waals surface area contributed by atoms with Crippen molar-refractivity contribution in [2.75, 3.05) is 11.9 Å². The zero-order chi connectivity index (χ0) is 13.1. The van der Waals surface area contributed by atoms with Crippen molar-refractivity contribution >= 4 is 21.6 Å². The Bertz CT molecular complexity index is 391. The van der Waals surface area contributed by atoms with Crippen LogP contribution in [0.25, 0.3) is 0 Å². The molecule has 2 heteroatoms. The minimum absolute atomic E-state index is 0.858. The van der Waals surface area contributed by atoms with Crippen molar-refractivity contribution < 1.29 is 0 Å². The molecule has 0 aliphatic heterocycles. The van der Waals surface area contributed by atoms with Crippen LogP contribution in [0.3, 0.4) is 0 Å². The van der Waals surface area contributed by atoms with Gasteiger partial charge in [-0.25, -0.2) is 0 Å². The average Bonchev–Trinajstić information content (AvgIpc) is 2.27. The standard InChI is InChI=1S/C16H24BrN/c1-11-5-4-6-14(7-11)10-18-16-12(2)8-15(17)9-13(16)3/h8-9,11,14,18H,4-7,10H2,1-3H3. The number of hydrogen-bond donors (Lipinski definition) is 1. The summed E-state index contributed by atoms with van der Waals surface area (Å²) in [4.78, 5) is 0. The second-order valence-corrected chi connectivity index (χ2v) is 6.85. The second kappa shape index (κ2) is 6.10. The Hall–Kier alpha value is -0.500. The van der Waals surface area contributed by atoms with Crippen LogP contribution in [-0.4, -0.2) is 6.54 Å². The highest BCUT2D eigenvalue weighted by atomic mass is 79.9. The van der Waals surface area contributed by atoms with Crippen LogP contribution in [0.5, 0.6) is 0 Å². The summed E-state index contributed by atoms with van der Waals surface area (Å²) < 4.78 is 1.18. The lowest BCUT2D eigenvalue weighted by molar-refractivity contribution is 0.293. The van der Waals surface area contributed by atoms with Crippen LogP contribution in [-0.2, 0) is 0 Å². The molecule has 0 heterocycles. The van der Waals surface area contributed by atoms with E-state index >= 15 is 0 Å². The topological polar surface area (TPSA) is 12.0 Å². The van der Waals surface area contributed by atoms with Gasteiger partial charge in [0.05, 0.1) is 0 Å². The molecule has 18 heavy (non-hydrogen) atoms. The third-order valence-electron chi connectivity index (χ3n) is 4.11. The van der Waals surface area contributed by atoms with Crippen LogP contribution >= 0.6 is 15.9 Å². The molecule has 0 spiro atoms. The highest BCUT2D eigenvalue weighted by Crippen LogP contribution is 2.30. The van der Waals surface area contributed by atoms with E-state index in [0.29, 0.717) is 0 Å². The maximum atomic E-state index is 3.68. The molecule has 0 aromatic heterocycles. The van der Waals surface area contributed by atoms with Gasteiger partial charge in [0.2, 0.25) is 0 Å². The fraction of sp³-hybridized carbons (Fsp3) is 0.625. The van der Waals surface area contributed by atoms with Crippen LogP contribution < -0.4 is 5.32 Å². The molecule has 100 valence electrons. The number of rotatable bonds is 3. The normalized spacial score (nSPS) is 24.0. The van der Waals surface area contributed by atoms with Gasteiger partial charge in [-0.1, -0.05) is 35.7 Å². The first kappa shape index (κ1) is 13.9. The van der Waals surface area contributed by atoms with Crippen molar-refractivity contribution in [2.45, 2.75) is 46.5 Å². The van der Waals surface area contributed by atoms with Gasteiger partial charge >= 0.3 is 0 Å². The first-order valence-electron chi connectivity index (χ1n) is 7.07. The lowest BCUT2D eigenvalue weighted by Gasteiger charge is -2.27. The molecule has 1 aliphatic rings. The molecule has 1 aromatic rings. The Morgan fingerprint density at radius 1 is 1.22 bits per heavy atom. The molecule has 2 rings (SSSR count). The SMILES string of the molecule is Cc1cc(Br)cc(C)c1NCC1CCCC(C)C1. The lowest BCUT2D eigenvalue weighted by Crippen LogP contribution is -2.21. The number of benzene rings is 1. The van der Waals surface area contributed by atoms with Crippen molar-refractivity contribution in [1.29, 1.82) is 0 Å². The zero-order valence-electron chi connectivity index (χ0n) is 11.7. The fourth-order valence-electron chi connectivity index (χ4n) is 3.18. The van der Waals surface area contributed by atoms with Crippen LogP contribution in [0.4, 0.5) is 5.69 Å². The van der Waals surface area contributed by atoms with Crippen LogP contribution in [0.15, 0.2) is 16.6 Å². The first-order valence-corrected chi connectivity index (χ1v) is 7.86. The predicted octanol–water partition coefficient (Wildman–Crippen LogP) is 5.30. The molecule has 1 aromatic carbocycles. The highest BCUT2D eigenvalue weighted by molar-refractivity contribution is 9.10. The van der Waals surface area contributed by atoms with E-state index in [1.165, 1.54) is 47.0 Å². The Kier molecular flexibility index (Phi) is 4.71. The van der Waals surface area contributed by atoms with Gasteiger partial charge in [0.15, 0.2) is 0 Å². The summed E-state index contributed by atoms with van der Waals surface area (Å²) in [7, 11) is 0. The van der Waals surface area contributed by atoms with Gasteiger partial charge in [-0.3, -0.25) is 0 Å². The molecule has 1 N–H and O–H groups in total. The van der Waals surface area contributed by atoms with Crippen molar-refractivity contribution in [2.24, 2.45) is 11.8 Å². The van der Waals surface area contributed by atoms with Crippen LogP contribution in [0, 0.1) is 25.7 Å². The number of nitrogens with one attached hydrogen (secondary N) is 1. The lowest BCUT2D eigenvalue weighted by atomic mass is 9.82. The van der Waals surface area contributed by atoms with Crippen molar-refractivity contribution in [1.82, 2.24) is 0 Å². The Labute approximate surface area is 119 Å². The molecule has 1 saturated carbocycles. The van der Waals surface area contributed by atoms with Gasteiger partial charge in [-0.15, -0.1) is 0 Å². The molecule has 2 unspecified atom stereocenters. The summed E-state index contributed by atoms with van der Waals surface area (Å²) in [6.07, 6.45) is 5.62. The monoisotopic (exact) mass is 309 g/mol. The number of hydrogen-bond acceptors (Lipinski definition) is 1. The van der Waals surface area contributed by atoms with E-state index in [2.05, 4.69) is 54.2 Å². The van der Waals surface area contributed by atoms with Crippen molar-refractivity contribution in [3.8, 4) is 0 Å². The van der Waals surface area contributed by atoms with E-state index in [0.717, 1.165) is 18.4 Å². The summed E-state index contributed by atoms with van der Waals surface area (Å²) in [6, 6.07) is 4.39. The van der Waals surface area contributed by atoms with E-state index in [9.17, 15) is 0 Å². The van der Waals surface area contributed by atoms with Crippen LogP contribution in [0.1, 0.15) is 43.7 Å². The van der Waals surface area contributed by atoms with Gasteiger partial charge in [0.25, 0.3) is 0 Å². The summed E-state index contributed by atoms with van der Waals surface area (Å²) >= 11 is 3.55. The molecular weight excluding hydrogens is 286 g/mol. The van der Waals surface area contributed by atoms with Gasteiger partial charge in [-0.05, 0) is 61.8 Å². The van der Waals surface area contributed by atoms with E-state index < -0.39 is 0 Å². The van der Waals surface area contributed by atoms with Gasteiger partial charge in [0, 0.05) is 16.7 Å². The van der Waals surface area contributed by atoms with Crippen LogP contribution in [0.2, 0.25) is 0 Å². The highest BCUT2D eigenvalue weighted by Gasteiger charge is 2.18. The van der Waals surface area contributed by atoms with Gasteiger partial charge in [-0.2, -0.15) is 0 Å². The number of halogens is 1. The summed E-state index contributed by atoms with van der Waals surface area (Å²) in [5, 5.41) is 3.68. The van der Waals surface area contributed by atoms with Gasteiger partial charge in [0.1, 0.15) is 0 Å². The van der Waals surface area contributed by atoms with Crippen molar-refractivity contribution in [3.63, 3.8) is 0 Å². The molecule has 1 fully saturated rings. The summed E-state index contributed by atoms with van der Waals surface area (Å²) in [5.74, 6) is 1.77. The zero-order valence-corrected chi connectivity index (χ0v) is 13.3.